The highest BCUT2D eigenvalue weighted by Gasteiger charge is 2.06. The zero-order chi connectivity index (χ0) is 13.9. The first-order chi connectivity index (χ1) is 9.78. The zero-order valence-corrected chi connectivity index (χ0v) is 11.1. The Bertz CT molecular complexity index is 823. The van der Waals surface area contributed by atoms with Crippen LogP contribution < -0.4 is 5.32 Å². The molecule has 1 N–H and O–H groups in total. The van der Waals surface area contributed by atoms with E-state index in [-0.39, 0.29) is 0 Å². The number of fused-ring (bicyclic) bond motifs is 1. The van der Waals surface area contributed by atoms with E-state index >= 15 is 0 Å². The summed E-state index contributed by atoms with van der Waals surface area (Å²) >= 11 is 6.15. The topological polar surface area (TPSA) is 61.6 Å². The van der Waals surface area contributed by atoms with E-state index in [0.717, 1.165) is 16.6 Å². The normalized spacial score (nSPS) is 10.2. The summed E-state index contributed by atoms with van der Waals surface area (Å²) in [6, 6.07) is 12.8. The number of pyridine rings is 2. The number of aromatic nitrogens is 2. The number of rotatable bonds is 2. The number of anilines is 2. The highest BCUT2D eigenvalue weighted by Crippen LogP contribution is 2.29. The first kappa shape index (κ1) is 12.4. The molecule has 0 spiro atoms. The molecule has 0 atom stereocenters. The molecule has 0 bridgehead atoms. The van der Waals surface area contributed by atoms with Crippen LogP contribution in [-0.4, -0.2) is 9.97 Å². The zero-order valence-electron chi connectivity index (χ0n) is 10.3. The van der Waals surface area contributed by atoms with E-state index in [1.807, 2.05) is 24.3 Å². The van der Waals surface area contributed by atoms with E-state index in [0.29, 0.717) is 16.4 Å². The van der Waals surface area contributed by atoms with Crippen molar-refractivity contribution in [3.8, 4) is 6.07 Å². The Morgan fingerprint density at radius 3 is 2.85 bits per heavy atom. The maximum Gasteiger partial charge on any atom is 0.131 e. The van der Waals surface area contributed by atoms with Gasteiger partial charge < -0.3 is 5.32 Å². The van der Waals surface area contributed by atoms with E-state index < -0.39 is 0 Å². The third kappa shape index (κ3) is 2.27. The fourth-order valence-electron chi connectivity index (χ4n) is 1.95. The maximum absolute atomic E-state index is 8.90. The third-order valence-electron chi connectivity index (χ3n) is 2.87. The van der Waals surface area contributed by atoms with Gasteiger partial charge >= 0.3 is 0 Å². The molecule has 2 heterocycles. The fraction of sp³-hybridized carbons (Fsp3) is 0. The number of nitrogens with one attached hydrogen (secondary N) is 1. The molecule has 5 heteroatoms. The van der Waals surface area contributed by atoms with E-state index in [4.69, 9.17) is 16.9 Å². The van der Waals surface area contributed by atoms with Crippen molar-refractivity contribution in [3.63, 3.8) is 0 Å². The Labute approximate surface area is 120 Å². The van der Waals surface area contributed by atoms with Gasteiger partial charge in [-0.25, -0.2) is 4.98 Å². The lowest BCUT2D eigenvalue weighted by molar-refractivity contribution is 1.29. The Hall–Kier alpha value is -2.64. The van der Waals surface area contributed by atoms with Crippen LogP contribution in [-0.2, 0) is 0 Å². The number of nitrogens with zero attached hydrogens (tertiary/aromatic N) is 3. The maximum atomic E-state index is 8.90. The Morgan fingerprint density at radius 1 is 1.10 bits per heavy atom. The van der Waals surface area contributed by atoms with Gasteiger partial charge in [-0.3, -0.25) is 4.98 Å². The summed E-state index contributed by atoms with van der Waals surface area (Å²) in [5.41, 5.74) is 2.12. The lowest BCUT2D eigenvalue weighted by Crippen LogP contribution is -1.96. The van der Waals surface area contributed by atoms with Crippen molar-refractivity contribution < 1.29 is 0 Å². The molecule has 0 aliphatic heterocycles. The van der Waals surface area contributed by atoms with Crippen LogP contribution in [0.25, 0.3) is 10.9 Å². The molecule has 0 aliphatic carbocycles. The van der Waals surface area contributed by atoms with Crippen LogP contribution in [0.4, 0.5) is 11.5 Å². The Morgan fingerprint density at radius 2 is 2.00 bits per heavy atom. The molecule has 0 fully saturated rings. The molecule has 0 saturated heterocycles. The molecule has 0 unspecified atom stereocenters. The first-order valence-corrected chi connectivity index (χ1v) is 6.32. The molecular formula is C15H9ClN4. The summed E-state index contributed by atoms with van der Waals surface area (Å²) in [5.74, 6) is 0.596. The first-order valence-electron chi connectivity index (χ1n) is 5.94. The molecule has 4 nitrogen and oxygen atoms in total. The minimum absolute atomic E-state index is 0.550. The highest BCUT2D eigenvalue weighted by atomic mass is 35.5. The van der Waals surface area contributed by atoms with Gasteiger partial charge in [0.15, 0.2) is 0 Å². The minimum atomic E-state index is 0.550. The van der Waals surface area contributed by atoms with Crippen molar-refractivity contribution in [1.29, 1.82) is 5.26 Å². The van der Waals surface area contributed by atoms with Gasteiger partial charge in [0.2, 0.25) is 0 Å². The van der Waals surface area contributed by atoms with Crippen molar-refractivity contribution in [2.24, 2.45) is 0 Å². The Kier molecular flexibility index (Phi) is 3.20. The third-order valence-corrected chi connectivity index (χ3v) is 3.20. The van der Waals surface area contributed by atoms with Gasteiger partial charge in [-0.05, 0) is 36.4 Å². The second-order valence-electron chi connectivity index (χ2n) is 4.16. The van der Waals surface area contributed by atoms with Gasteiger partial charge in [0, 0.05) is 17.8 Å². The van der Waals surface area contributed by atoms with E-state index in [2.05, 4.69) is 21.4 Å². The van der Waals surface area contributed by atoms with Crippen LogP contribution in [0, 0.1) is 11.3 Å². The molecule has 3 aromatic rings. The smallest absolute Gasteiger partial charge is 0.131 e. The van der Waals surface area contributed by atoms with E-state index in [9.17, 15) is 0 Å². The summed E-state index contributed by atoms with van der Waals surface area (Å²) in [6.07, 6.45) is 3.30. The standard InChI is InChI=1S/C15H9ClN4/c16-12-3-4-13(15-11(12)2-1-6-19-15)20-14-8-10(9-17)5-7-18-14/h1-8H,(H,18,20). The van der Waals surface area contributed by atoms with Gasteiger partial charge in [0.1, 0.15) is 5.82 Å². The lowest BCUT2D eigenvalue weighted by atomic mass is 10.2. The van der Waals surface area contributed by atoms with Crippen LogP contribution in [0.1, 0.15) is 5.56 Å². The molecule has 96 valence electrons. The average Bonchev–Trinajstić information content (AvgIpc) is 2.51. The second kappa shape index (κ2) is 5.16. The van der Waals surface area contributed by atoms with Gasteiger partial charge in [-0.15, -0.1) is 0 Å². The predicted octanol–water partition coefficient (Wildman–Crippen LogP) is 3.90. The van der Waals surface area contributed by atoms with Crippen LogP contribution in [0.15, 0.2) is 48.8 Å². The van der Waals surface area contributed by atoms with Crippen LogP contribution >= 0.6 is 11.6 Å². The van der Waals surface area contributed by atoms with Crippen molar-refractivity contribution in [2.75, 3.05) is 5.32 Å². The molecular weight excluding hydrogens is 272 g/mol. The van der Waals surface area contributed by atoms with Crippen molar-refractivity contribution in [1.82, 2.24) is 9.97 Å². The second-order valence-corrected chi connectivity index (χ2v) is 4.57. The summed E-state index contributed by atoms with van der Waals surface area (Å²) in [7, 11) is 0. The van der Waals surface area contributed by atoms with Crippen molar-refractivity contribution in [2.45, 2.75) is 0 Å². The average molecular weight is 281 g/mol. The predicted molar refractivity (Wildman–Crippen MR) is 79.0 cm³/mol. The molecule has 1 aromatic carbocycles. The van der Waals surface area contributed by atoms with Crippen LogP contribution in [0.2, 0.25) is 5.02 Å². The number of hydrogen-bond acceptors (Lipinski definition) is 4. The van der Waals surface area contributed by atoms with Crippen LogP contribution in [0.5, 0.6) is 0 Å². The van der Waals surface area contributed by atoms with Gasteiger partial charge in [-0.1, -0.05) is 11.6 Å². The number of nitriles is 1. The highest BCUT2D eigenvalue weighted by molar-refractivity contribution is 6.35. The van der Waals surface area contributed by atoms with Gasteiger partial charge in [0.05, 0.1) is 27.9 Å². The molecule has 0 aliphatic rings. The number of halogens is 1. The lowest BCUT2D eigenvalue weighted by Gasteiger charge is -2.09. The van der Waals surface area contributed by atoms with Gasteiger partial charge in [-0.2, -0.15) is 5.26 Å². The molecule has 3 rings (SSSR count). The van der Waals surface area contributed by atoms with Crippen molar-refractivity contribution in [3.05, 3.63) is 59.4 Å². The monoisotopic (exact) mass is 280 g/mol. The number of benzene rings is 1. The molecule has 0 radical (unpaired) electrons. The summed E-state index contributed by atoms with van der Waals surface area (Å²) < 4.78 is 0. The quantitative estimate of drug-likeness (QED) is 0.773. The molecule has 0 saturated carbocycles. The largest absolute Gasteiger partial charge is 0.338 e. The van der Waals surface area contributed by atoms with E-state index in [1.165, 1.54) is 0 Å². The summed E-state index contributed by atoms with van der Waals surface area (Å²) in [5, 5.41) is 13.6. The number of hydrogen-bond donors (Lipinski definition) is 1. The molecule has 0 amide bonds. The fourth-order valence-corrected chi connectivity index (χ4v) is 2.16. The molecule has 20 heavy (non-hydrogen) atoms. The van der Waals surface area contributed by atoms with Crippen molar-refractivity contribution >= 4 is 34.0 Å². The summed E-state index contributed by atoms with van der Waals surface area (Å²) in [4.78, 5) is 8.53. The van der Waals surface area contributed by atoms with Crippen LogP contribution in [0.3, 0.4) is 0 Å². The minimum Gasteiger partial charge on any atom is -0.338 e. The molecule has 2 aromatic heterocycles. The van der Waals surface area contributed by atoms with E-state index in [1.54, 1.807) is 24.5 Å². The SMILES string of the molecule is N#Cc1ccnc(Nc2ccc(Cl)c3cccnc23)c1. The van der Waals surface area contributed by atoms with Gasteiger partial charge in [0.25, 0.3) is 0 Å². The Balaban J connectivity index is 2.07. The summed E-state index contributed by atoms with van der Waals surface area (Å²) in [6.45, 7) is 0.